The highest BCUT2D eigenvalue weighted by atomic mass is 16.7. The highest BCUT2D eigenvalue weighted by Gasteiger charge is 2.55. The van der Waals surface area contributed by atoms with Gasteiger partial charge in [-0.25, -0.2) is 4.79 Å². The molecule has 1 fully saturated rings. The molecule has 2 aliphatic carbocycles. The molecule has 0 radical (unpaired) electrons. The van der Waals surface area contributed by atoms with Gasteiger partial charge in [-0.2, -0.15) is 0 Å². The van der Waals surface area contributed by atoms with E-state index in [2.05, 4.69) is 32.1 Å². The minimum Gasteiger partial charge on any atom is -0.458 e. The van der Waals surface area contributed by atoms with Gasteiger partial charge in [0.25, 0.3) is 0 Å². The second-order valence-corrected chi connectivity index (χ2v) is 8.67. The molecule has 146 valence electrons. The summed E-state index contributed by atoms with van der Waals surface area (Å²) in [6.45, 7) is 8.57. The van der Waals surface area contributed by atoms with Gasteiger partial charge in [0.15, 0.2) is 11.9 Å². The van der Waals surface area contributed by atoms with E-state index in [0.29, 0.717) is 18.8 Å². The van der Waals surface area contributed by atoms with E-state index >= 15 is 0 Å². The lowest BCUT2D eigenvalue weighted by Gasteiger charge is -2.38. The van der Waals surface area contributed by atoms with Crippen LogP contribution < -0.4 is 0 Å². The maximum atomic E-state index is 12.4. The number of rotatable bonds is 3. The normalized spacial score (nSPS) is 38.0. The van der Waals surface area contributed by atoms with Gasteiger partial charge in [-0.15, -0.1) is 0 Å². The molecule has 6 nitrogen and oxygen atoms in total. The molecule has 27 heavy (non-hydrogen) atoms. The van der Waals surface area contributed by atoms with Crippen LogP contribution in [0.2, 0.25) is 0 Å². The second-order valence-electron chi connectivity index (χ2n) is 8.67. The average Bonchev–Trinajstić information content (AvgIpc) is 3.23. The predicted octanol–water partition coefficient (Wildman–Crippen LogP) is 2.55. The van der Waals surface area contributed by atoms with Crippen LogP contribution in [0.1, 0.15) is 27.7 Å². The van der Waals surface area contributed by atoms with Crippen LogP contribution in [0.25, 0.3) is 0 Å². The van der Waals surface area contributed by atoms with Crippen LogP contribution in [-0.2, 0) is 28.5 Å². The summed E-state index contributed by atoms with van der Waals surface area (Å²) < 4.78 is 22.9. The van der Waals surface area contributed by atoms with Gasteiger partial charge in [-0.1, -0.05) is 32.1 Å². The fourth-order valence-electron chi connectivity index (χ4n) is 4.41. The summed E-state index contributed by atoms with van der Waals surface area (Å²) in [7, 11) is 0. The Hall–Kier alpha value is -1.92. The van der Waals surface area contributed by atoms with Gasteiger partial charge >= 0.3 is 11.9 Å². The standard InChI is InChI=1S/C21H26O6/c1-12(26-13(2)22)16-9-21(27-18(16)23)8-7-14-15(5-6-17(14)21)19-24-10-20(3,4)11-25-19/h5-9,12,14-15,17,19H,10-11H2,1-4H3. The number of carbonyl (C=O) groups excluding carboxylic acids is 2. The summed E-state index contributed by atoms with van der Waals surface area (Å²) in [5.74, 6) is -0.631. The third kappa shape index (κ3) is 3.15. The van der Waals surface area contributed by atoms with Crippen molar-refractivity contribution in [3.63, 3.8) is 0 Å². The third-order valence-corrected chi connectivity index (χ3v) is 5.76. The summed E-state index contributed by atoms with van der Waals surface area (Å²) in [5, 5.41) is 0. The van der Waals surface area contributed by atoms with Gasteiger partial charge in [-0.3, -0.25) is 4.79 Å². The molecular formula is C21H26O6. The molecule has 1 saturated heterocycles. The van der Waals surface area contributed by atoms with Crippen molar-refractivity contribution in [1.29, 1.82) is 0 Å². The zero-order chi connectivity index (χ0) is 19.4. The molecule has 2 aliphatic heterocycles. The smallest absolute Gasteiger partial charge is 0.338 e. The van der Waals surface area contributed by atoms with Crippen molar-refractivity contribution < 1.29 is 28.5 Å². The van der Waals surface area contributed by atoms with Crippen molar-refractivity contribution in [2.75, 3.05) is 13.2 Å². The minimum atomic E-state index is -0.815. The number of esters is 2. The molecule has 0 N–H and O–H groups in total. The first-order chi connectivity index (χ1) is 12.7. The molecule has 4 rings (SSSR count). The van der Waals surface area contributed by atoms with E-state index in [1.807, 2.05) is 12.2 Å². The zero-order valence-electron chi connectivity index (χ0n) is 16.1. The molecule has 0 saturated carbocycles. The molecule has 4 aliphatic rings. The predicted molar refractivity (Wildman–Crippen MR) is 96.4 cm³/mol. The van der Waals surface area contributed by atoms with Crippen LogP contribution in [0.4, 0.5) is 0 Å². The monoisotopic (exact) mass is 374 g/mol. The maximum Gasteiger partial charge on any atom is 0.338 e. The molecule has 0 aromatic rings. The highest BCUT2D eigenvalue weighted by molar-refractivity contribution is 5.93. The lowest BCUT2D eigenvalue weighted by atomic mass is 9.82. The minimum absolute atomic E-state index is 0.00406. The SMILES string of the molecule is CC(=O)OC(C)C1=CC2(C=CC3C(C4OCC(C)(C)CO4)C=CC32)OC1=O. The Kier molecular flexibility index (Phi) is 4.31. The largest absolute Gasteiger partial charge is 0.458 e. The Morgan fingerprint density at radius 2 is 1.89 bits per heavy atom. The number of hydrogen-bond acceptors (Lipinski definition) is 6. The van der Waals surface area contributed by atoms with E-state index in [9.17, 15) is 9.59 Å². The molecule has 0 bridgehead atoms. The van der Waals surface area contributed by atoms with Crippen LogP contribution in [0.15, 0.2) is 36.0 Å². The quantitative estimate of drug-likeness (QED) is 0.558. The topological polar surface area (TPSA) is 71.1 Å². The molecule has 2 heterocycles. The average molecular weight is 374 g/mol. The fraction of sp³-hybridized carbons (Fsp3) is 0.619. The Labute approximate surface area is 159 Å². The first kappa shape index (κ1) is 18.4. The first-order valence-corrected chi connectivity index (χ1v) is 9.45. The molecule has 6 heteroatoms. The van der Waals surface area contributed by atoms with Crippen LogP contribution in [0, 0.1) is 23.2 Å². The molecular weight excluding hydrogens is 348 g/mol. The first-order valence-electron chi connectivity index (χ1n) is 9.45. The van der Waals surface area contributed by atoms with E-state index in [4.69, 9.17) is 18.9 Å². The molecule has 5 unspecified atom stereocenters. The van der Waals surface area contributed by atoms with E-state index in [0.717, 1.165) is 0 Å². The van der Waals surface area contributed by atoms with Crippen molar-refractivity contribution in [3.8, 4) is 0 Å². The lowest BCUT2D eigenvalue weighted by Crippen LogP contribution is -2.43. The summed E-state index contributed by atoms with van der Waals surface area (Å²) in [6, 6.07) is 0. The molecule has 0 amide bonds. The summed E-state index contributed by atoms with van der Waals surface area (Å²) >= 11 is 0. The highest BCUT2D eigenvalue weighted by Crippen LogP contribution is 2.51. The van der Waals surface area contributed by atoms with E-state index in [1.165, 1.54) is 6.92 Å². The van der Waals surface area contributed by atoms with E-state index < -0.39 is 23.6 Å². The number of carbonyl (C=O) groups is 2. The van der Waals surface area contributed by atoms with Gasteiger partial charge in [0.2, 0.25) is 0 Å². The Morgan fingerprint density at radius 3 is 2.56 bits per heavy atom. The molecule has 0 aromatic heterocycles. The van der Waals surface area contributed by atoms with Crippen molar-refractivity contribution in [2.45, 2.75) is 45.7 Å². The second kappa shape index (κ2) is 6.31. The van der Waals surface area contributed by atoms with Gasteiger partial charge in [-0.05, 0) is 25.0 Å². The van der Waals surface area contributed by atoms with Crippen LogP contribution >= 0.6 is 0 Å². The van der Waals surface area contributed by atoms with Crippen molar-refractivity contribution in [3.05, 3.63) is 36.0 Å². The van der Waals surface area contributed by atoms with E-state index in [1.54, 1.807) is 6.92 Å². The van der Waals surface area contributed by atoms with Crippen molar-refractivity contribution in [2.24, 2.45) is 23.2 Å². The van der Waals surface area contributed by atoms with Crippen molar-refractivity contribution >= 4 is 11.9 Å². The van der Waals surface area contributed by atoms with Gasteiger partial charge in [0.1, 0.15) is 6.10 Å². The number of allylic oxidation sites excluding steroid dienone is 1. The number of hydrogen-bond donors (Lipinski definition) is 0. The Balaban J connectivity index is 1.50. The fourth-order valence-corrected chi connectivity index (χ4v) is 4.41. The molecule has 5 atom stereocenters. The molecule has 1 spiro atoms. The lowest BCUT2D eigenvalue weighted by molar-refractivity contribution is -0.241. The number of ether oxygens (including phenoxy) is 4. The summed E-state index contributed by atoms with van der Waals surface area (Å²) in [6.07, 6.45) is 9.12. The van der Waals surface area contributed by atoms with Crippen LogP contribution in [0.5, 0.6) is 0 Å². The van der Waals surface area contributed by atoms with Crippen molar-refractivity contribution in [1.82, 2.24) is 0 Å². The van der Waals surface area contributed by atoms with Crippen LogP contribution in [-0.4, -0.2) is 43.1 Å². The zero-order valence-corrected chi connectivity index (χ0v) is 16.1. The Bertz CT molecular complexity index is 738. The van der Waals surface area contributed by atoms with Gasteiger partial charge in [0.05, 0.1) is 18.8 Å². The third-order valence-electron chi connectivity index (χ3n) is 5.76. The Morgan fingerprint density at radius 1 is 1.19 bits per heavy atom. The van der Waals surface area contributed by atoms with Crippen LogP contribution in [0.3, 0.4) is 0 Å². The summed E-state index contributed by atoms with van der Waals surface area (Å²) in [4.78, 5) is 23.6. The van der Waals surface area contributed by atoms with Gasteiger partial charge < -0.3 is 18.9 Å². The molecule has 0 aromatic carbocycles. The summed E-state index contributed by atoms with van der Waals surface area (Å²) in [5.41, 5.74) is -0.402. The maximum absolute atomic E-state index is 12.4. The van der Waals surface area contributed by atoms with E-state index in [-0.39, 0.29) is 29.5 Å². The van der Waals surface area contributed by atoms with Gasteiger partial charge in [0, 0.05) is 24.2 Å². The number of fused-ring (bicyclic) bond motifs is 2.